The molecular formula is C15H20N2O3. The number of rotatable bonds is 7. The molecule has 0 fully saturated rings. The van der Waals surface area contributed by atoms with Crippen LogP contribution in [-0.4, -0.2) is 38.8 Å². The van der Waals surface area contributed by atoms with Crippen molar-refractivity contribution in [3.05, 3.63) is 36.4 Å². The van der Waals surface area contributed by atoms with E-state index in [1.807, 2.05) is 12.1 Å². The predicted molar refractivity (Wildman–Crippen MR) is 78.4 cm³/mol. The first-order valence-electron chi connectivity index (χ1n) is 6.79. The van der Waals surface area contributed by atoms with E-state index in [9.17, 15) is 4.79 Å². The van der Waals surface area contributed by atoms with E-state index < -0.39 is 0 Å². The maximum Gasteiger partial charge on any atom is 0.255 e. The van der Waals surface area contributed by atoms with Crippen LogP contribution >= 0.6 is 0 Å². The first-order chi connectivity index (χ1) is 9.83. The summed E-state index contributed by atoms with van der Waals surface area (Å²) >= 11 is 0. The van der Waals surface area contributed by atoms with Crippen molar-refractivity contribution in [2.45, 2.75) is 6.42 Å². The molecule has 108 valence electrons. The van der Waals surface area contributed by atoms with Gasteiger partial charge in [0, 0.05) is 13.1 Å². The lowest BCUT2D eigenvalue weighted by molar-refractivity contribution is 0.0914. The maximum absolute atomic E-state index is 12.1. The van der Waals surface area contributed by atoms with Gasteiger partial charge in [-0.2, -0.15) is 0 Å². The molecule has 0 saturated carbocycles. The molecule has 0 atom stereocenters. The summed E-state index contributed by atoms with van der Waals surface area (Å²) in [5, 5.41) is 6.04. The second-order valence-electron chi connectivity index (χ2n) is 4.40. The van der Waals surface area contributed by atoms with Gasteiger partial charge in [0.1, 0.15) is 6.61 Å². The molecule has 1 aromatic rings. The minimum atomic E-state index is -0.141. The van der Waals surface area contributed by atoms with Crippen LogP contribution in [0.4, 0.5) is 5.69 Å². The van der Waals surface area contributed by atoms with Crippen molar-refractivity contribution in [1.82, 2.24) is 5.32 Å². The number of para-hydroxylation sites is 1. The Bertz CT molecular complexity index is 474. The fourth-order valence-electron chi connectivity index (χ4n) is 1.95. The molecule has 2 N–H and O–H groups in total. The molecule has 0 bridgehead atoms. The number of amides is 1. The highest BCUT2D eigenvalue weighted by Gasteiger charge is 2.18. The van der Waals surface area contributed by atoms with Gasteiger partial charge in [-0.05, 0) is 18.6 Å². The SMILES string of the molecule is C=CCCOCCNC(=O)c1cccc2c1OCCN2. The van der Waals surface area contributed by atoms with Crippen LogP contribution in [0.5, 0.6) is 5.75 Å². The van der Waals surface area contributed by atoms with Crippen LogP contribution in [0.25, 0.3) is 0 Å². The molecule has 5 nitrogen and oxygen atoms in total. The molecule has 1 amide bonds. The number of hydrogen-bond donors (Lipinski definition) is 2. The largest absolute Gasteiger partial charge is 0.489 e. The summed E-state index contributed by atoms with van der Waals surface area (Å²) in [5.41, 5.74) is 1.42. The predicted octanol–water partition coefficient (Wildman–Crippen LogP) is 1.81. The van der Waals surface area contributed by atoms with E-state index in [4.69, 9.17) is 9.47 Å². The lowest BCUT2D eigenvalue weighted by Crippen LogP contribution is -2.29. The van der Waals surface area contributed by atoms with Crippen molar-refractivity contribution in [1.29, 1.82) is 0 Å². The minimum absolute atomic E-state index is 0.141. The Hall–Kier alpha value is -2.01. The van der Waals surface area contributed by atoms with Gasteiger partial charge in [-0.25, -0.2) is 0 Å². The molecule has 5 heteroatoms. The fraction of sp³-hybridized carbons (Fsp3) is 0.400. The summed E-state index contributed by atoms with van der Waals surface area (Å²) in [5.74, 6) is 0.488. The van der Waals surface area contributed by atoms with Crippen molar-refractivity contribution >= 4 is 11.6 Å². The Kier molecular flexibility index (Phi) is 5.43. The van der Waals surface area contributed by atoms with Gasteiger partial charge < -0.3 is 20.1 Å². The van der Waals surface area contributed by atoms with Gasteiger partial charge in [0.15, 0.2) is 5.75 Å². The minimum Gasteiger partial charge on any atom is -0.489 e. The first kappa shape index (κ1) is 14.4. The van der Waals surface area contributed by atoms with E-state index in [2.05, 4.69) is 17.2 Å². The smallest absolute Gasteiger partial charge is 0.255 e. The fourth-order valence-corrected chi connectivity index (χ4v) is 1.95. The third-order valence-corrected chi connectivity index (χ3v) is 2.92. The van der Waals surface area contributed by atoms with Crippen LogP contribution in [0.2, 0.25) is 0 Å². The molecule has 0 radical (unpaired) electrons. The van der Waals surface area contributed by atoms with Crippen molar-refractivity contribution in [2.75, 3.05) is 38.2 Å². The molecule has 0 unspecified atom stereocenters. The summed E-state index contributed by atoms with van der Waals surface area (Å²) in [4.78, 5) is 12.1. The van der Waals surface area contributed by atoms with Crippen LogP contribution in [0.3, 0.4) is 0 Å². The van der Waals surface area contributed by atoms with Gasteiger partial charge in [0.05, 0.1) is 24.5 Å². The Morgan fingerprint density at radius 3 is 3.25 bits per heavy atom. The molecule has 1 aromatic carbocycles. The second kappa shape index (κ2) is 7.55. The maximum atomic E-state index is 12.1. The molecule has 0 aliphatic carbocycles. The normalized spacial score (nSPS) is 12.8. The van der Waals surface area contributed by atoms with Crippen LogP contribution in [-0.2, 0) is 4.74 Å². The number of carbonyl (C=O) groups excluding carboxylic acids is 1. The number of benzene rings is 1. The van der Waals surface area contributed by atoms with E-state index in [0.717, 1.165) is 18.7 Å². The average molecular weight is 276 g/mol. The second-order valence-corrected chi connectivity index (χ2v) is 4.40. The quantitative estimate of drug-likeness (QED) is 0.589. The van der Waals surface area contributed by atoms with Crippen LogP contribution in [0.1, 0.15) is 16.8 Å². The lowest BCUT2D eigenvalue weighted by Gasteiger charge is -2.21. The van der Waals surface area contributed by atoms with Crippen LogP contribution < -0.4 is 15.4 Å². The average Bonchev–Trinajstić information content (AvgIpc) is 2.50. The highest BCUT2D eigenvalue weighted by Crippen LogP contribution is 2.30. The van der Waals surface area contributed by atoms with E-state index >= 15 is 0 Å². The van der Waals surface area contributed by atoms with Gasteiger partial charge in [0.25, 0.3) is 5.91 Å². The Labute approximate surface area is 119 Å². The molecular weight excluding hydrogens is 256 g/mol. The van der Waals surface area contributed by atoms with Gasteiger partial charge >= 0.3 is 0 Å². The molecule has 20 heavy (non-hydrogen) atoms. The van der Waals surface area contributed by atoms with E-state index in [1.165, 1.54) is 0 Å². The molecule has 1 aliphatic heterocycles. The van der Waals surface area contributed by atoms with Crippen molar-refractivity contribution in [3.63, 3.8) is 0 Å². The number of carbonyl (C=O) groups is 1. The van der Waals surface area contributed by atoms with Crippen LogP contribution in [0, 0.1) is 0 Å². The van der Waals surface area contributed by atoms with Crippen molar-refractivity contribution in [3.8, 4) is 5.75 Å². The zero-order chi connectivity index (χ0) is 14.2. The summed E-state index contributed by atoms with van der Waals surface area (Å²) in [7, 11) is 0. The molecule has 0 saturated heterocycles. The number of ether oxygens (including phenoxy) is 2. The zero-order valence-electron chi connectivity index (χ0n) is 11.5. The number of fused-ring (bicyclic) bond motifs is 1. The van der Waals surface area contributed by atoms with Crippen molar-refractivity contribution < 1.29 is 14.3 Å². The first-order valence-corrected chi connectivity index (χ1v) is 6.79. The summed E-state index contributed by atoms with van der Waals surface area (Å²) in [6, 6.07) is 5.51. The standard InChI is InChI=1S/C15H20N2O3/c1-2-3-9-19-10-7-17-15(18)12-5-4-6-13-14(12)20-11-8-16-13/h2,4-6,16H,1,3,7-11H2,(H,17,18). The van der Waals surface area contributed by atoms with Gasteiger partial charge in [-0.1, -0.05) is 12.1 Å². The van der Waals surface area contributed by atoms with Gasteiger partial charge in [-0.3, -0.25) is 4.79 Å². The molecule has 1 aliphatic rings. The Morgan fingerprint density at radius 2 is 2.40 bits per heavy atom. The lowest BCUT2D eigenvalue weighted by atomic mass is 10.1. The number of hydrogen-bond acceptors (Lipinski definition) is 4. The highest BCUT2D eigenvalue weighted by atomic mass is 16.5. The van der Waals surface area contributed by atoms with Crippen molar-refractivity contribution in [2.24, 2.45) is 0 Å². The highest BCUT2D eigenvalue weighted by molar-refractivity contribution is 5.98. The Balaban J connectivity index is 1.85. The zero-order valence-corrected chi connectivity index (χ0v) is 11.5. The molecule has 2 rings (SSSR count). The van der Waals surface area contributed by atoms with E-state index in [0.29, 0.717) is 37.7 Å². The summed E-state index contributed by atoms with van der Waals surface area (Å²) in [6.07, 6.45) is 2.62. The summed E-state index contributed by atoms with van der Waals surface area (Å²) in [6.45, 7) is 6.55. The van der Waals surface area contributed by atoms with E-state index in [-0.39, 0.29) is 5.91 Å². The Morgan fingerprint density at radius 1 is 1.50 bits per heavy atom. The third kappa shape index (κ3) is 3.74. The van der Waals surface area contributed by atoms with Crippen LogP contribution in [0.15, 0.2) is 30.9 Å². The molecule has 0 aromatic heterocycles. The molecule has 1 heterocycles. The molecule has 0 spiro atoms. The van der Waals surface area contributed by atoms with Gasteiger partial charge in [0.2, 0.25) is 0 Å². The monoisotopic (exact) mass is 276 g/mol. The summed E-state index contributed by atoms with van der Waals surface area (Å²) < 4.78 is 10.9. The number of anilines is 1. The van der Waals surface area contributed by atoms with E-state index in [1.54, 1.807) is 12.1 Å². The van der Waals surface area contributed by atoms with Gasteiger partial charge in [-0.15, -0.1) is 6.58 Å². The number of nitrogens with one attached hydrogen (secondary N) is 2. The topological polar surface area (TPSA) is 59.6 Å². The third-order valence-electron chi connectivity index (χ3n) is 2.92.